The van der Waals surface area contributed by atoms with Crippen LogP contribution in [0, 0.1) is 0 Å². The Labute approximate surface area is 174 Å². The number of hydrogen-bond donors (Lipinski definition) is 2. The number of aliphatic carboxylic acids is 1. The maximum Gasteiger partial charge on any atom is 0.303 e. The molecule has 1 radical (unpaired) electrons. The first kappa shape index (κ1) is 24.1. The summed E-state index contributed by atoms with van der Waals surface area (Å²) in [5, 5.41) is 18.9. The van der Waals surface area contributed by atoms with E-state index in [4.69, 9.17) is 5.11 Å². The molecule has 3 nitrogen and oxygen atoms in total. The molecule has 1 unspecified atom stereocenters. The topological polar surface area (TPSA) is 57.5 Å². The first-order valence-electron chi connectivity index (χ1n) is 8.94. The zero-order valence-electron chi connectivity index (χ0n) is 15.7. The van der Waals surface area contributed by atoms with E-state index in [-0.39, 0.29) is 36.0 Å². The van der Waals surface area contributed by atoms with Crippen molar-refractivity contribution in [2.45, 2.75) is 64.4 Å². The molecule has 0 amide bonds. The Kier molecular flexibility index (Phi) is 14.9. The van der Waals surface area contributed by atoms with E-state index >= 15 is 0 Å². The van der Waals surface area contributed by atoms with E-state index in [1.807, 2.05) is 36.4 Å². The molecule has 0 heterocycles. The van der Waals surface area contributed by atoms with Crippen LogP contribution in [0.4, 0.5) is 0 Å². The van der Waals surface area contributed by atoms with Gasteiger partial charge in [-0.15, -0.1) is 0 Å². The van der Waals surface area contributed by atoms with Gasteiger partial charge in [-0.3, -0.25) is 4.79 Å². The van der Waals surface area contributed by atoms with Gasteiger partial charge in [-0.1, -0.05) is 62.3 Å². The number of benzene rings is 1. The average molecular weight is 353 g/mol. The van der Waals surface area contributed by atoms with Gasteiger partial charge >= 0.3 is 5.97 Å². The second-order valence-corrected chi connectivity index (χ2v) is 6.08. The molecule has 1 rings (SSSR count). The Hall–Kier alpha value is -0.870. The van der Waals surface area contributed by atoms with E-state index < -0.39 is 12.1 Å². The number of aliphatic hydroxyl groups excluding tert-OH is 1. The zero-order valence-corrected chi connectivity index (χ0v) is 17.7. The first-order chi connectivity index (χ1) is 11.6. The Balaban J connectivity index is 0.00000576. The molecule has 1 aromatic carbocycles. The van der Waals surface area contributed by atoms with Crippen molar-refractivity contribution in [2.24, 2.45) is 0 Å². The summed E-state index contributed by atoms with van der Waals surface area (Å²) in [5.74, 6) is -0.753. The summed E-state index contributed by atoms with van der Waals surface area (Å²) in [5.41, 5.74) is 1.95. The Morgan fingerprint density at radius 1 is 1.12 bits per heavy atom. The Morgan fingerprint density at radius 3 is 2.60 bits per heavy atom. The molecule has 0 saturated heterocycles. The summed E-state index contributed by atoms with van der Waals surface area (Å²) in [7, 11) is 0. The Bertz CT molecular complexity index is 538. The van der Waals surface area contributed by atoms with Gasteiger partial charge in [-0.25, -0.2) is 0 Å². The van der Waals surface area contributed by atoms with Crippen LogP contribution in [-0.4, -0.2) is 45.7 Å². The molecule has 1 aromatic rings. The van der Waals surface area contributed by atoms with Gasteiger partial charge in [-0.2, -0.15) is 0 Å². The molecule has 1 atom stereocenters. The van der Waals surface area contributed by atoms with Crippen LogP contribution in [-0.2, 0) is 4.79 Å². The third-order valence-corrected chi connectivity index (χ3v) is 3.87. The predicted molar refractivity (Wildman–Crippen MR) is 106 cm³/mol. The van der Waals surface area contributed by atoms with Gasteiger partial charge in [-0.05, 0) is 49.3 Å². The number of carbonyl (C=O) groups is 1. The number of carboxylic acid groups (broad SMARTS) is 1. The minimum atomic E-state index is -0.753. The molecule has 25 heavy (non-hydrogen) atoms. The van der Waals surface area contributed by atoms with Crippen LogP contribution in [0.3, 0.4) is 0 Å². The second-order valence-electron chi connectivity index (χ2n) is 6.08. The van der Waals surface area contributed by atoms with Crippen LogP contribution in [0.5, 0.6) is 0 Å². The molecule has 2 N–H and O–H groups in total. The van der Waals surface area contributed by atoms with E-state index in [9.17, 15) is 9.90 Å². The normalized spacial score (nSPS) is 12.4. The zero-order chi connectivity index (χ0) is 17.6. The largest absolute Gasteiger partial charge is 0.481 e. The van der Waals surface area contributed by atoms with Crippen molar-refractivity contribution in [3.63, 3.8) is 0 Å². The summed E-state index contributed by atoms with van der Waals surface area (Å²) in [6.45, 7) is 2.20. The molecular weight excluding hydrogens is 323 g/mol. The summed E-state index contributed by atoms with van der Waals surface area (Å²) in [6, 6.07) is 7.87. The molecule has 0 saturated carbocycles. The first-order valence-corrected chi connectivity index (χ1v) is 8.94. The fourth-order valence-corrected chi connectivity index (χ4v) is 2.45. The smallest absolute Gasteiger partial charge is 0.303 e. The van der Waals surface area contributed by atoms with Crippen molar-refractivity contribution in [3.05, 3.63) is 53.6 Å². The van der Waals surface area contributed by atoms with E-state index in [2.05, 4.69) is 19.1 Å². The van der Waals surface area contributed by atoms with Crippen molar-refractivity contribution in [2.75, 3.05) is 0 Å². The van der Waals surface area contributed by atoms with Crippen LogP contribution in [0.1, 0.15) is 75.5 Å². The minimum absolute atomic E-state index is 0. The summed E-state index contributed by atoms with van der Waals surface area (Å²) < 4.78 is 0. The molecular formula is C21H30NaO3. The molecule has 0 bridgehead atoms. The molecule has 0 aliphatic heterocycles. The predicted octanol–water partition coefficient (Wildman–Crippen LogP) is 5.13. The fraction of sp³-hybridized carbons (Fsp3) is 0.476. The number of carboxylic acids is 1. The van der Waals surface area contributed by atoms with Gasteiger partial charge in [0.1, 0.15) is 0 Å². The number of hydrogen-bond acceptors (Lipinski definition) is 2. The van der Waals surface area contributed by atoms with Crippen molar-refractivity contribution in [1.82, 2.24) is 0 Å². The number of unbranched alkanes of at least 4 members (excludes halogenated alkanes) is 4. The van der Waals surface area contributed by atoms with Gasteiger partial charge in [0.25, 0.3) is 0 Å². The van der Waals surface area contributed by atoms with E-state index in [0.717, 1.165) is 24.0 Å². The standard InChI is InChI=1S/C21H30O3.Na/c1-2-3-4-5-6-9-15-20(22)19-14-11-13-18(17-19)12-8-7-10-16-21(23)24;/h6,8-9,11-14,17,20,22H,2-5,7,10,15-16H2,1H3,(H,23,24);/b9-6-,12-8-;. The van der Waals surface area contributed by atoms with Crippen LogP contribution in [0.2, 0.25) is 0 Å². The van der Waals surface area contributed by atoms with Crippen molar-refractivity contribution < 1.29 is 15.0 Å². The molecule has 0 aliphatic rings. The maximum atomic E-state index is 10.5. The van der Waals surface area contributed by atoms with Gasteiger partial charge in [0, 0.05) is 36.0 Å². The van der Waals surface area contributed by atoms with Crippen LogP contribution in [0.15, 0.2) is 42.5 Å². The maximum absolute atomic E-state index is 10.5. The third kappa shape index (κ3) is 12.2. The minimum Gasteiger partial charge on any atom is -0.481 e. The molecule has 0 aliphatic carbocycles. The van der Waals surface area contributed by atoms with Crippen LogP contribution < -0.4 is 0 Å². The number of aliphatic hydroxyl groups is 1. The van der Waals surface area contributed by atoms with Crippen LogP contribution >= 0.6 is 0 Å². The summed E-state index contributed by atoms with van der Waals surface area (Å²) >= 11 is 0. The fourth-order valence-electron chi connectivity index (χ4n) is 2.45. The third-order valence-electron chi connectivity index (χ3n) is 3.87. The molecule has 0 spiro atoms. The van der Waals surface area contributed by atoms with E-state index in [1.165, 1.54) is 19.3 Å². The average Bonchev–Trinajstić information content (AvgIpc) is 2.57. The molecule has 133 valence electrons. The summed E-state index contributed by atoms with van der Waals surface area (Å²) in [6.07, 6.45) is 14.7. The Morgan fingerprint density at radius 2 is 1.88 bits per heavy atom. The molecule has 0 fully saturated rings. The second kappa shape index (κ2) is 15.4. The van der Waals surface area contributed by atoms with E-state index in [0.29, 0.717) is 12.8 Å². The van der Waals surface area contributed by atoms with Crippen LogP contribution in [0.25, 0.3) is 6.08 Å². The molecule has 4 heteroatoms. The SMILES string of the molecule is CCCCC/C=C\CC(O)c1cccc(/C=C\CCCC(=O)O)c1.[Na]. The van der Waals surface area contributed by atoms with Gasteiger partial charge in [0.05, 0.1) is 6.10 Å². The number of allylic oxidation sites excluding steroid dienone is 2. The monoisotopic (exact) mass is 353 g/mol. The van der Waals surface area contributed by atoms with Gasteiger partial charge in [0.15, 0.2) is 0 Å². The van der Waals surface area contributed by atoms with Crippen molar-refractivity contribution in [3.8, 4) is 0 Å². The van der Waals surface area contributed by atoms with Crippen molar-refractivity contribution >= 4 is 41.6 Å². The van der Waals surface area contributed by atoms with Crippen molar-refractivity contribution in [1.29, 1.82) is 0 Å². The number of rotatable bonds is 12. The van der Waals surface area contributed by atoms with Gasteiger partial charge < -0.3 is 10.2 Å². The van der Waals surface area contributed by atoms with E-state index in [1.54, 1.807) is 0 Å². The quantitative estimate of drug-likeness (QED) is 0.311. The van der Waals surface area contributed by atoms with Gasteiger partial charge in [0.2, 0.25) is 0 Å². The molecule has 0 aromatic heterocycles. The summed E-state index contributed by atoms with van der Waals surface area (Å²) in [4.78, 5) is 10.5.